The van der Waals surface area contributed by atoms with Crippen molar-refractivity contribution in [2.45, 2.75) is 11.8 Å². The van der Waals surface area contributed by atoms with Crippen LogP contribution in [0.5, 0.6) is 0 Å². The molecule has 3 aromatic rings. The number of sulfone groups is 1. The molecule has 0 aliphatic carbocycles. The van der Waals surface area contributed by atoms with Crippen molar-refractivity contribution in [3.05, 3.63) is 86.2 Å². The molecule has 0 bridgehead atoms. The molecule has 2 aromatic carbocycles. The van der Waals surface area contributed by atoms with Crippen LogP contribution in [-0.4, -0.2) is 14.2 Å². The van der Waals surface area contributed by atoms with Crippen LogP contribution in [0.25, 0.3) is 22.0 Å². The quantitative estimate of drug-likeness (QED) is 0.441. The third kappa shape index (κ3) is 2.64. The molecular weight excluding hydrogens is 378 g/mol. The average molecular weight is 391 g/mol. The van der Waals surface area contributed by atoms with Crippen LogP contribution in [0.2, 0.25) is 0 Å². The molecule has 1 aliphatic heterocycles. The Balaban J connectivity index is 1.97. The second-order valence-electron chi connectivity index (χ2n) is 6.06. The van der Waals surface area contributed by atoms with E-state index in [1.165, 1.54) is 29.5 Å². The van der Waals surface area contributed by atoms with Gasteiger partial charge in [-0.1, -0.05) is 42.5 Å². The summed E-state index contributed by atoms with van der Waals surface area (Å²) in [5, 5.41) is 0. The number of Topliss-reactive ketones (excluding diaryl/α,β-unsaturated/α-hetero) is 1. The van der Waals surface area contributed by atoms with Crippen LogP contribution in [0.3, 0.4) is 0 Å². The number of benzene rings is 2. The first-order chi connectivity index (χ1) is 12.9. The van der Waals surface area contributed by atoms with Gasteiger partial charge in [0.05, 0.1) is 11.5 Å². The molecule has 0 N–H and O–H groups in total. The van der Waals surface area contributed by atoms with Gasteiger partial charge in [0.1, 0.15) is 4.91 Å². The van der Waals surface area contributed by atoms with Crippen molar-refractivity contribution in [1.82, 2.24) is 0 Å². The first kappa shape index (κ1) is 17.4. The van der Waals surface area contributed by atoms with Crippen LogP contribution in [0.1, 0.15) is 20.1 Å². The van der Waals surface area contributed by atoms with Gasteiger partial charge in [0, 0.05) is 20.9 Å². The first-order valence-corrected chi connectivity index (χ1v) is 10.4. The summed E-state index contributed by atoms with van der Waals surface area (Å²) in [5.41, 5.74) is 2.17. The molecule has 0 radical (unpaired) electrons. The zero-order valence-electron chi connectivity index (χ0n) is 14.3. The molecule has 0 unspecified atom stereocenters. The Hall–Kier alpha value is -3.01. The number of ketones is 1. The summed E-state index contributed by atoms with van der Waals surface area (Å²) in [6.45, 7) is 9.35. The molecule has 0 saturated heterocycles. The fourth-order valence-corrected chi connectivity index (χ4v) is 5.92. The zero-order chi connectivity index (χ0) is 19.2. The summed E-state index contributed by atoms with van der Waals surface area (Å²) in [4.78, 5) is 17.6. The summed E-state index contributed by atoms with van der Waals surface area (Å²) < 4.78 is 25.7. The highest BCUT2D eigenvalue weighted by molar-refractivity contribution is 7.97. The molecule has 1 aliphatic rings. The van der Waals surface area contributed by atoms with Crippen molar-refractivity contribution in [3.63, 3.8) is 0 Å². The smallest absolute Gasteiger partial charge is 0.211 e. The minimum Gasteiger partial charge on any atom is -0.288 e. The molecule has 0 amide bonds. The molecule has 0 saturated carbocycles. The van der Waals surface area contributed by atoms with Gasteiger partial charge >= 0.3 is 0 Å². The topological polar surface area (TPSA) is 55.6 Å². The molecule has 6 heteroatoms. The highest BCUT2D eigenvalue weighted by Crippen LogP contribution is 2.45. The maximum atomic E-state index is 12.9. The molecule has 132 valence electrons. The Bertz CT molecular complexity index is 1260. The highest BCUT2D eigenvalue weighted by Gasteiger charge is 2.39. The van der Waals surface area contributed by atoms with Crippen molar-refractivity contribution in [2.24, 2.45) is 0 Å². The van der Waals surface area contributed by atoms with Crippen LogP contribution in [0.15, 0.2) is 64.4 Å². The Morgan fingerprint density at radius 2 is 1.70 bits per heavy atom. The van der Waals surface area contributed by atoms with Crippen LogP contribution in [0.4, 0.5) is 5.69 Å². The molecule has 1 aromatic heterocycles. The lowest BCUT2D eigenvalue weighted by Gasteiger charge is -2.03. The highest BCUT2D eigenvalue weighted by atomic mass is 32.2. The van der Waals surface area contributed by atoms with E-state index in [1.807, 2.05) is 37.3 Å². The molecule has 4 rings (SSSR count). The molecule has 4 nitrogen and oxygen atoms in total. The first-order valence-electron chi connectivity index (χ1n) is 8.12. The van der Waals surface area contributed by atoms with E-state index in [1.54, 1.807) is 12.1 Å². The number of hydrogen-bond donors (Lipinski definition) is 0. The van der Waals surface area contributed by atoms with Gasteiger partial charge in [-0.15, -0.1) is 0 Å². The van der Waals surface area contributed by atoms with Crippen LogP contribution >= 0.6 is 11.3 Å². The summed E-state index contributed by atoms with van der Waals surface area (Å²) in [7, 11) is -3.86. The van der Waals surface area contributed by atoms with Gasteiger partial charge in [0.2, 0.25) is 21.3 Å². The number of nitrogens with zero attached hydrogens (tertiary/aromatic N) is 1. The average Bonchev–Trinajstić information content (AvgIpc) is 3.09. The van der Waals surface area contributed by atoms with Crippen molar-refractivity contribution in [1.29, 1.82) is 0 Å². The summed E-state index contributed by atoms with van der Waals surface area (Å²) in [6.07, 6.45) is 1.42. The number of aryl methyl sites for hydroxylation is 1. The molecule has 0 spiro atoms. The van der Waals surface area contributed by atoms with Gasteiger partial charge in [-0.2, -0.15) is 11.3 Å². The summed E-state index contributed by atoms with van der Waals surface area (Å²) >= 11 is 1.32. The number of carbonyl (C=O) groups is 1. The molecule has 27 heavy (non-hydrogen) atoms. The van der Waals surface area contributed by atoms with E-state index < -0.39 is 15.6 Å². The fourth-order valence-electron chi connectivity index (χ4n) is 3.20. The Morgan fingerprint density at radius 1 is 1.04 bits per heavy atom. The van der Waals surface area contributed by atoms with E-state index in [4.69, 9.17) is 6.57 Å². The largest absolute Gasteiger partial charge is 0.288 e. The third-order valence-electron chi connectivity index (χ3n) is 4.45. The van der Waals surface area contributed by atoms with Gasteiger partial charge in [-0.25, -0.2) is 13.3 Å². The lowest BCUT2D eigenvalue weighted by atomic mass is 10.0. The SMILES string of the molecule is [C-]#[N+]c1c(C)sc(/C=C2/C(=O)c3ccccc3S2(=O)=O)c1-c1ccccc1. The number of thiophene rings is 1. The van der Waals surface area contributed by atoms with Gasteiger partial charge in [-0.3, -0.25) is 4.79 Å². The minimum absolute atomic E-state index is 0.0428. The van der Waals surface area contributed by atoms with Crippen molar-refractivity contribution < 1.29 is 13.2 Å². The molecule has 0 fully saturated rings. The van der Waals surface area contributed by atoms with Crippen molar-refractivity contribution in [3.8, 4) is 11.1 Å². The summed E-state index contributed by atoms with van der Waals surface area (Å²) in [6, 6.07) is 15.6. The maximum absolute atomic E-state index is 12.9. The van der Waals surface area contributed by atoms with E-state index in [2.05, 4.69) is 4.85 Å². The van der Waals surface area contributed by atoms with Crippen LogP contribution in [-0.2, 0) is 9.84 Å². The van der Waals surface area contributed by atoms with E-state index in [0.29, 0.717) is 16.1 Å². The van der Waals surface area contributed by atoms with E-state index in [-0.39, 0.29) is 15.4 Å². The Labute approximate surface area is 161 Å². The normalized spacial score (nSPS) is 16.3. The van der Waals surface area contributed by atoms with E-state index >= 15 is 0 Å². The minimum atomic E-state index is -3.86. The maximum Gasteiger partial charge on any atom is 0.211 e. The van der Waals surface area contributed by atoms with Crippen molar-refractivity contribution >= 4 is 38.7 Å². The fraction of sp³-hybridized carbons (Fsp3) is 0.0476. The second-order valence-corrected chi connectivity index (χ2v) is 9.20. The standard InChI is InChI=1S/C21H13NO3S2/c1-13-20(22-2)19(14-8-4-3-5-9-14)16(26-13)12-18-21(23)15-10-6-7-11-17(15)27(18,24)25/h3-12H,1H3/b18-12-. The molecule has 0 atom stereocenters. The predicted octanol–water partition coefficient (Wildman–Crippen LogP) is 5.29. The Morgan fingerprint density at radius 3 is 2.37 bits per heavy atom. The number of hydrogen-bond acceptors (Lipinski definition) is 4. The predicted molar refractivity (Wildman–Crippen MR) is 107 cm³/mol. The monoisotopic (exact) mass is 391 g/mol. The number of carbonyl (C=O) groups excluding carboxylic acids is 1. The van der Waals surface area contributed by atoms with Crippen LogP contribution in [0, 0.1) is 13.5 Å². The lowest BCUT2D eigenvalue weighted by Crippen LogP contribution is -2.01. The lowest BCUT2D eigenvalue weighted by molar-refractivity contribution is 0.104. The zero-order valence-corrected chi connectivity index (χ0v) is 15.9. The third-order valence-corrected chi connectivity index (χ3v) is 7.31. The van der Waals surface area contributed by atoms with Crippen molar-refractivity contribution in [2.75, 3.05) is 0 Å². The second kappa shape index (κ2) is 6.31. The van der Waals surface area contributed by atoms with Crippen LogP contribution < -0.4 is 0 Å². The number of rotatable bonds is 2. The van der Waals surface area contributed by atoms with E-state index in [0.717, 1.165) is 10.4 Å². The van der Waals surface area contributed by atoms with Gasteiger partial charge < -0.3 is 0 Å². The number of allylic oxidation sites excluding steroid dienone is 1. The molecule has 2 heterocycles. The van der Waals surface area contributed by atoms with Gasteiger partial charge in [0.15, 0.2) is 0 Å². The number of fused-ring (bicyclic) bond motifs is 1. The molecular formula is C21H13NO3S2. The van der Waals surface area contributed by atoms with E-state index in [9.17, 15) is 13.2 Å². The summed E-state index contributed by atoms with van der Waals surface area (Å²) in [5.74, 6) is -0.500. The Kier molecular flexibility index (Phi) is 4.06. The van der Waals surface area contributed by atoms with Gasteiger partial charge in [0.25, 0.3) is 0 Å². The van der Waals surface area contributed by atoms with Gasteiger partial charge in [-0.05, 0) is 30.7 Å².